The standard InChI is InChI=1S/C17H22N4O3/c1-11-3-2-8-21(10-11)14-9-12(6-7-18-14)16(23)19-13-4-5-15(22)20-17(13)24/h6-7,9,11,13H,2-5,8,10H2,1H3,(H,19,23)(H,20,22,24). The predicted octanol–water partition coefficient (Wildman–Crippen LogP) is 0.853. The van der Waals surface area contributed by atoms with Crippen molar-refractivity contribution in [1.82, 2.24) is 15.6 Å². The molecule has 1 aromatic heterocycles. The van der Waals surface area contributed by atoms with Crippen molar-refractivity contribution in [1.29, 1.82) is 0 Å². The third-order valence-corrected chi connectivity index (χ3v) is 4.53. The number of rotatable bonds is 3. The number of carbonyl (C=O) groups is 3. The number of nitrogens with zero attached hydrogens (tertiary/aromatic N) is 2. The number of carbonyl (C=O) groups excluding carboxylic acids is 3. The number of nitrogens with one attached hydrogen (secondary N) is 2. The molecule has 7 nitrogen and oxygen atoms in total. The molecule has 3 amide bonds. The Kier molecular flexibility index (Phi) is 4.78. The van der Waals surface area contributed by atoms with E-state index < -0.39 is 11.9 Å². The molecule has 3 rings (SSSR count). The van der Waals surface area contributed by atoms with Gasteiger partial charge in [0, 0.05) is 31.3 Å². The van der Waals surface area contributed by atoms with Gasteiger partial charge in [-0.05, 0) is 37.3 Å². The third kappa shape index (κ3) is 3.72. The number of anilines is 1. The van der Waals surface area contributed by atoms with Gasteiger partial charge < -0.3 is 10.2 Å². The molecule has 2 unspecified atom stereocenters. The summed E-state index contributed by atoms with van der Waals surface area (Å²) in [7, 11) is 0. The van der Waals surface area contributed by atoms with Gasteiger partial charge in [-0.1, -0.05) is 6.92 Å². The Balaban J connectivity index is 1.68. The van der Waals surface area contributed by atoms with Crippen molar-refractivity contribution < 1.29 is 14.4 Å². The Morgan fingerprint density at radius 2 is 2.21 bits per heavy atom. The Bertz CT molecular complexity index is 661. The fraction of sp³-hybridized carbons (Fsp3) is 0.529. The smallest absolute Gasteiger partial charge is 0.252 e. The van der Waals surface area contributed by atoms with Crippen LogP contribution in [0.3, 0.4) is 0 Å². The Labute approximate surface area is 140 Å². The molecule has 24 heavy (non-hydrogen) atoms. The maximum atomic E-state index is 12.4. The summed E-state index contributed by atoms with van der Waals surface area (Å²) in [6.07, 6.45) is 4.53. The average Bonchev–Trinajstić information content (AvgIpc) is 2.57. The van der Waals surface area contributed by atoms with E-state index in [4.69, 9.17) is 0 Å². The summed E-state index contributed by atoms with van der Waals surface area (Å²) >= 11 is 0. The highest BCUT2D eigenvalue weighted by molar-refractivity contribution is 6.03. The molecule has 2 aliphatic rings. The first kappa shape index (κ1) is 16.4. The molecule has 3 heterocycles. The van der Waals surface area contributed by atoms with Crippen molar-refractivity contribution in [2.45, 2.75) is 38.6 Å². The molecular weight excluding hydrogens is 308 g/mol. The summed E-state index contributed by atoms with van der Waals surface area (Å²) in [5.74, 6) is 0.340. The third-order valence-electron chi connectivity index (χ3n) is 4.53. The summed E-state index contributed by atoms with van der Waals surface area (Å²) in [5, 5.41) is 4.94. The number of imide groups is 1. The normalized spacial score (nSPS) is 24.5. The molecule has 2 saturated heterocycles. The first-order valence-electron chi connectivity index (χ1n) is 8.38. The lowest BCUT2D eigenvalue weighted by molar-refractivity contribution is -0.134. The van der Waals surface area contributed by atoms with Gasteiger partial charge in [0.1, 0.15) is 11.9 Å². The molecule has 2 atom stereocenters. The number of piperidine rings is 2. The van der Waals surface area contributed by atoms with Crippen LogP contribution in [0, 0.1) is 5.92 Å². The summed E-state index contributed by atoms with van der Waals surface area (Å²) in [4.78, 5) is 41.9. The van der Waals surface area contributed by atoms with Crippen molar-refractivity contribution in [3.8, 4) is 0 Å². The number of amides is 3. The van der Waals surface area contributed by atoms with Crippen LogP contribution in [0.4, 0.5) is 5.82 Å². The average molecular weight is 330 g/mol. The van der Waals surface area contributed by atoms with Crippen LogP contribution in [0.5, 0.6) is 0 Å². The van der Waals surface area contributed by atoms with E-state index in [0.29, 0.717) is 17.9 Å². The molecule has 0 aliphatic carbocycles. The summed E-state index contributed by atoms with van der Waals surface area (Å²) in [5.41, 5.74) is 0.475. The Morgan fingerprint density at radius 3 is 2.96 bits per heavy atom. The minimum absolute atomic E-state index is 0.240. The van der Waals surface area contributed by atoms with E-state index in [9.17, 15) is 14.4 Å². The lowest BCUT2D eigenvalue weighted by atomic mass is 10.0. The van der Waals surface area contributed by atoms with Crippen LogP contribution in [0.2, 0.25) is 0 Å². The number of pyridine rings is 1. The van der Waals surface area contributed by atoms with Crippen molar-refractivity contribution in [3.05, 3.63) is 23.9 Å². The number of hydrogen-bond donors (Lipinski definition) is 2. The first-order valence-corrected chi connectivity index (χ1v) is 8.38. The van der Waals surface area contributed by atoms with Crippen molar-refractivity contribution in [3.63, 3.8) is 0 Å². The number of hydrogen-bond acceptors (Lipinski definition) is 5. The predicted molar refractivity (Wildman–Crippen MR) is 88.5 cm³/mol. The molecule has 0 saturated carbocycles. The van der Waals surface area contributed by atoms with Crippen LogP contribution in [0.1, 0.15) is 43.0 Å². The minimum atomic E-state index is -0.665. The number of aromatic nitrogens is 1. The second kappa shape index (κ2) is 6.98. The molecule has 0 aromatic carbocycles. The van der Waals surface area contributed by atoms with Crippen molar-refractivity contribution >= 4 is 23.5 Å². The van der Waals surface area contributed by atoms with E-state index in [-0.39, 0.29) is 18.2 Å². The first-order chi connectivity index (χ1) is 11.5. The van der Waals surface area contributed by atoms with E-state index in [1.807, 2.05) is 0 Å². The molecule has 2 aliphatic heterocycles. The van der Waals surface area contributed by atoms with Gasteiger partial charge in [0.25, 0.3) is 5.91 Å². The topological polar surface area (TPSA) is 91.4 Å². The van der Waals surface area contributed by atoms with E-state index >= 15 is 0 Å². The highest BCUT2D eigenvalue weighted by atomic mass is 16.2. The molecule has 2 fully saturated rings. The molecule has 7 heteroatoms. The summed E-state index contributed by atoms with van der Waals surface area (Å²) in [6.45, 7) is 4.09. The highest BCUT2D eigenvalue weighted by Gasteiger charge is 2.28. The zero-order chi connectivity index (χ0) is 17.1. The van der Waals surface area contributed by atoms with Gasteiger partial charge >= 0.3 is 0 Å². The van der Waals surface area contributed by atoms with Crippen LogP contribution >= 0.6 is 0 Å². The van der Waals surface area contributed by atoms with E-state index in [2.05, 4.69) is 27.4 Å². The van der Waals surface area contributed by atoms with Gasteiger partial charge in [-0.25, -0.2) is 4.98 Å². The second-order valence-corrected chi connectivity index (χ2v) is 6.57. The highest BCUT2D eigenvalue weighted by Crippen LogP contribution is 2.21. The van der Waals surface area contributed by atoms with Gasteiger partial charge in [-0.15, -0.1) is 0 Å². The van der Waals surface area contributed by atoms with Crippen LogP contribution < -0.4 is 15.5 Å². The minimum Gasteiger partial charge on any atom is -0.356 e. The van der Waals surface area contributed by atoms with Gasteiger partial charge in [0.05, 0.1) is 0 Å². The Morgan fingerprint density at radius 1 is 1.38 bits per heavy atom. The molecule has 1 aromatic rings. The Hall–Kier alpha value is -2.44. The fourth-order valence-electron chi connectivity index (χ4n) is 3.20. The molecule has 0 spiro atoms. The molecule has 0 radical (unpaired) electrons. The molecule has 2 N–H and O–H groups in total. The van der Waals surface area contributed by atoms with Crippen molar-refractivity contribution in [2.75, 3.05) is 18.0 Å². The maximum absolute atomic E-state index is 12.4. The largest absolute Gasteiger partial charge is 0.356 e. The van der Waals surface area contributed by atoms with Crippen LogP contribution in [0.25, 0.3) is 0 Å². The van der Waals surface area contributed by atoms with Gasteiger partial charge in [-0.2, -0.15) is 0 Å². The lowest BCUT2D eigenvalue weighted by Crippen LogP contribution is -2.52. The molecule has 128 valence electrons. The zero-order valence-corrected chi connectivity index (χ0v) is 13.7. The molecular formula is C17H22N4O3. The van der Waals surface area contributed by atoms with Gasteiger partial charge in [0.15, 0.2) is 0 Å². The fourth-order valence-corrected chi connectivity index (χ4v) is 3.20. The van der Waals surface area contributed by atoms with Gasteiger partial charge in [0.2, 0.25) is 11.8 Å². The van der Waals surface area contributed by atoms with E-state index in [1.54, 1.807) is 18.3 Å². The molecule has 0 bridgehead atoms. The quantitative estimate of drug-likeness (QED) is 0.802. The summed E-state index contributed by atoms with van der Waals surface area (Å²) < 4.78 is 0. The van der Waals surface area contributed by atoms with E-state index in [0.717, 1.165) is 25.3 Å². The van der Waals surface area contributed by atoms with Crippen LogP contribution in [0.15, 0.2) is 18.3 Å². The monoisotopic (exact) mass is 330 g/mol. The van der Waals surface area contributed by atoms with Crippen molar-refractivity contribution in [2.24, 2.45) is 5.92 Å². The lowest BCUT2D eigenvalue weighted by Gasteiger charge is -2.32. The van der Waals surface area contributed by atoms with Crippen LogP contribution in [-0.2, 0) is 9.59 Å². The summed E-state index contributed by atoms with van der Waals surface area (Å²) in [6, 6.07) is 2.74. The van der Waals surface area contributed by atoms with Gasteiger partial charge in [-0.3, -0.25) is 19.7 Å². The zero-order valence-electron chi connectivity index (χ0n) is 13.7. The maximum Gasteiger partial charge on any atom is 0.252 e. The SMILES string of the molecule is CC1CCCN(c2cc(C(=O)NC3CCC(=O)NC3=O)ccn2)C1. The second-order valence-electron chi connectivity index (χ2n) is 6.57. The van der Waals surface area contributed by atoms with Crippen LogP contribution in [-0.4, -0.2) is 41.8 Å². The van der Waals surface area contributed by atoms with E-state index in [1.165, 1.54) is 6.42 Å².